The maximum Gasteiger partial charge on any atom is 0.236 e. The van der Waals surface area contributed by atoms with Crippen molar-refractivity contribution in [2.75, 3.05) is 58.9 Å². The van der Waals surface area contributed by atoms with Crippen LogP contribution in [0.15, 0.2) is 11.2 Å². The molecule has 0 saturated carbocycles. The van der Waals surface area contributed by atoms with E-state index in [1.54, 1.807) is 11.3 Å². The van der Waals surface area contributed by atoms with Crippen LogP contribution >= 0.6 is 35.3 Å². The summed E-state index contributed by atoms with van der Waals surface area (Å²) >= 11 is 1.80. The first-order valence-corrected chi connectivity index (χ1v) is 12.5. The molecule has 3 rings (SSSR count). The van der Waals surface area contributed by atoms with Crippen molar-refractivity contribution in [3.8, 4) is 0 Å². The van der Waals surface area contributed by atoms with Crippen LogP contribution in [0.3, 0.4) is 0 Å². The average Bonchev–Trinajstić information content (AvgIpc) is 3.04. The molecule has 0 aromatic carbocycles. The molecule has 2 fully saturated rings. The Bertz CT molecular complexity index is 681. The molecule has 0 atom stereocenters. The quantitative estimate of drug-likeness (QED) is 0.315. The van der Waals surface area contributed by atoms with Gasteiger partial charge in [-0.2, -0.15) is 0 Å². The van der Waals surface area contributed by atoms with Gasteiger partial charge in [-0.3, -0.25) is 14.7 Å². The fourth-order valence-electron chi connectivity index (χ4n) is 4.04. The summed E-state index contributed by atoms with van der Waals surface area (Å²) < 4.78 is 0. The zero-order valence-electron chi connectivity index (χ0n) is 19.1. The first-order valence-electron chi connectivity index (χ1n) is 11.7. The van der Waals surface area contributed by atoms with Crippen molar-refractivity contribution in [2.45, 2.75) is 52.4 Å². The first kappa shape index (κ1) is 26.3. The van der Waals surface area contributed by atoms with E-state index in [1.807, 2.05) is 6.20 Å². The van der Waals surface area contributed by atoms with E-state index in [9.17, 15) is 4.79 Å². The predicted molar refractivity (Wildman–Crippen MR) is 140 cm³/mol. The molecule has 9 heteroatoms. The number of amides is 1. The maximum atomic E-state index is 12.7. The van der Waals surface area contributed by atoms with Crippen molar-refractivity contribution in [1.29, 1.82) is 0 Å². The number of carbonyl (C=O) groups is 1. The van der Waals surface area contributed by atoms with E-state index in [2.05, 4.69) is 38.8 Å². The number of guanidine groups is 1. The lowest BCUT2D eigenvalue weighted by molar-refractivity contribution is -0.132. The Balaban J connectivity index is 0.00000341. The van der Waals surface area contributed by atoms with Crippen LogP contribution in [0.4, 0.5) is 0 Å². The molecule has 0 radical (unpaired) electrons. The molecule has 176 valence electrons. The number of nitrogens with one attached hydrogen (secondary N) is 1. The van der Waals surface area contributed by atoms with Crippen molar-refractivity contribution in [3.05, 3.63) is 16.1 Å². The van der Waals surface area contributed by atoms with Gasteiger partial charge in [0, 0.05) is 69.9 Å². The van der Waals surface area contributed by atoms with Crippen molar-refractivity contribution in [1.82, 2.24) is 25.0 Å². The van der Waals surface area contributed by atoms with Gasteiger partial charge in [0.25, 0.3) is 0 Å². The molecule has 0 unspecified atom stereocenters. The molecule has 2 aliphatic heterocycles. The Morgan fingerprint density at radius 3 is 2.39 bits per heavy atom. The van der Waals surface area contributed by atoms with Crippen molar-refractivity contribution >= 4 is 47.2 Å². The number of thiazole rings is 1. The molecule has 0 bridgehead atoms. The van der Waals surface area contributed by atoms with Gasteiger partial charge in [-0.05, 0) is 26.2 Å². The normalized spacial score (nSPS) is 18.5. The number of halogens is 1. The minimum Gasteiger partial charge on any atom is -0.357 e. The number of aromatic nitrogens is 1. The fraction of sp³-hybridized carbons (Fsp3) is 0.773. The summed E-state index contributed by atoms with van der Waals surface area (Å²) in [5.74, 6) is 1.30. The highest BCUT2D eigenvalue weighted by Crippen LogP contribution is 2.14. The van der Waals surface area contributed by atoms with Crippen LogP contribution in [-0.2, 0) is 17.6 Å². The van der Waals surface area contributed by atoms with Gasteiger partial charge < -0.3 is 15.1 Å². The highest BCUT2D eigenvalue weighted by Gasteiger charge is 2.23. The van der Waals surface area contributed by atoms with Crippen LogP contribution in [-0.4, -0.2) is 90.5 Å². The molecule has 0 aliphatic carbocycles. The number of aryl methyl sites for hydroxylation is 1. The Morgan fingerprint density at radius 2 is 1.77 bits per heavy atom. The molecule has 2 aliphatic rings. The number of aliphatic imine (C=N–C) groups is 1. The van der Waals surface area contributed by atoms with Gasteiger partial charge >= 0.3 is 0 Å². The van der Waals surface area contributed by atoms with Crippen LogP contribution in [0.2, 0.25) is 0 Å². The lowest BCUT2D eigenvalue weighted by atomic mass is 10.2. The second kappa shape index (κ2) is 14.3. The number of carbonyl (C=O) groups excluding carboxylic acids is 1. The number of nitrogens with zero attached hydrogens (tertiary/aromatic N) is 5. The van der Waals surface area contributed by atoms with E-state index in [0.717, 1.165) is 84.0 Å². The monoisotopic (exact) mass is 562 g/mol. The molecule has 0 spiro atoms. The SMILES string of the molecule is CCNC(=NCCc1ncc(CC)s1)N1CCN(CC(=O)N2CCCCCC2)CC1.I. The zero-order chi connectivity index (χ0) is 21.2. The summed E-state index contributed by atoms with van der Waals surface area (Å²) in [6.07, 6.45) is 8.76. The van der Waals surface area contributed by atoms with Crippen LogP contribution in [0.5, 0.6) is 0 Å². The number of likely N-dealkylation sites (tertiary alicyclic amines) is 1. The third kappa shape index (κ3) is 8.49. The van der Waals surface area contributed by atoms with Crippen molar-refractivity contribution in [3.63, 3.8) is 0 Å². The van der Waals surface area contributed by atoms with Crippen LogP contribution in [0, 0.1) is 0 Å². The van der Waals surface area contributed by atoms with E-state index in [-0.39, 0.29) is 24.0 Å². The standard InChI is InChI=1S/C22H38N6OS.HI/c1-3-19-17-25-20(30-19)9-10-24-22(23-4-2)28-15-13-26(14-16-28)18-21(29)27-11-7-5-6-8-12-27;/h17H,3-16,18H2,1-2H3,(H,23,24);1H. The van der Waals surface area contributed by atoms with Gasteiger partial charge in [0.15, 0.2) is 5.96 Å². The van der Waals surface area contributed by atoms with Gasteiger partial charge in [0.05, 0.1) is 11.6 Å². The molecule has 1 aromatic heterocycles. The molecule has 1 aromatic rings. The minimum atomic E-state index is 0. The summed E-state index contributed by atoms with van der Waals surface area (Å²) in [6, 6.07) is 0. The molecule has 7 nitrogen and oxygen atoms in total. The van der Waals surface area contributed by atoms with Crippen LogP contribution in [0.1, 0.15) is 49.4 Å². The van der Waals surface area contributed by atoms with Crippen molar-refractivity contribution in [2.24, 2.45) is 4.99 Å². The number of hydrogen-bond donors (Lipinski definition) is 1. The van der Waals surface area contributed by atoms with E-state index < -0.39 is 0 Å². The molecular weight excluding hydrogens is 523 g/mol. The van der Waals surface area contributed by atoms with Gasteiger partial charge in [0.2, 0.25) is 5.91 Å². The first-order chi connectivity index (χ1) is 14.7. The summed E-state index contributed by atoms with van der Waals surface area (Å²) in [5.41, 5.74) is 0. The summed E-state index contributed by atoms with van der Waals surface area (Å²) in [4.78, 5) is 30.1. The topological polar surface area (TPSA) is 64.1 Å². The van der Waals surface area contributed by atoms with Crippen LogP contribution < -0.4 is 5.32 Å². The van der Waals surface area contributed by atoms with Crippen LogP contribution in [0.25, 0.3) is 0 Å². The second-order valence-corrected chi connectivity index (χ2v) is 9.32. The van der Waals surface area contributed by atoms with E-state index in [1.165, 1.54) is 22.7 Å². The molecule has 31 heavy (non-hydrogen) atoms. The highest BCUT2D eigenvalue weighted by atomic mass is 127. The Kier molecular flexibility index (Phi) is 12.1. The molecule has 2 saturated heterocycles. The van der Waals surface area contributed by atoms with E-state index >= 15 is 0 Å². The third-order valence-corrected chi connectivity index (χ3v) is 7.06. The molecular formula is C22H39IN6OS. The predicted octanol–water partition coefficient (Wildman–Crippen LogP) is 2.85. The van der Waals surface area contributed by atoms with Gasteiger partial charge in [-0.1, -0.05) is 19.8 Å². The minimum absolute atomic E-state index is 0. The molecule has 1 N–H and O–H groups in total. The van der Waals surface area contributed by atoms with E-state index in [0.29, 0.717) is 12.5 Å². The van der Waals surface area contributed by atoms with Gasteiger partial charge in [0.1, 0.15) is 0 Å². The van der Waals surface area contributed by atoms with Crippen molar-refractivity contribution < 1.29 is 4.79 Å². The lowest BCUT2D eigenvalue weighted by Gasteiger charge is -2.37. The number of rotatable bonds is 7. The maximum absolute atomic E-state index is 12.7. The second-order valence-electron chi connectivity index (χ2n) is 8.12. The van der Waals surface area contributed by atoms with E-state index in [4.69, 9.17) is 4.99 Å². The Labute approximate surface area is 208 Å². The summed E-state index contributed by atoms with van der Waals surface area (Å²) in [5, 5.41) is 4.60. The highest BCUT2D eigenvalue weighted by molar-refractivity contribution is 14.0. The van der Waals surface area contributed by atoms with Gasteiger partial charge in [-0.25, -0.2) is 4.98 Å². The lowest BCUT2D eigenvalue weighted by Crippen LogP contribution is -2.54. The Morgan fingerprint density at radius 1 is 1.06 bits per heavy atom. The fourth-order valence-corrected chi connectivity index (χ4v) is 4.89. The average molecular weight is 563 g/mol. The van der Waals surface area contributed by atoms with Gasteiger partial charge in [-0.15, -0.1) is 35.3 Å². The largest absolute Gasteiger partial charge is 0.357 e. The molecule has 3 heterocycles. The number of piperazine rings is 1. The summed E-state index contributed by atoms with van der Waals surface area (Å²) in [7, 11) is 0. The smallest absolute Gasteiger partial charge is 0.236 e. The third-order valence-electron chi connectivity index (χ3n) is 5.86. The summed E-state index contributed by atoms with van der Waals surface area (Å²) in [6.45, 7) is 12.0. The zero-order valence-corrected chi connectivity index (χ0v) is 22.3. The number of hydrogen-bond acceptors (Lipinski definition) is 5. The Hall–Kier alpha value is -0.940. The molecule has 1 amide bonds.